The van der Waals surface area contributed by atoms with Gasteiger partial charge in [-0.2, -0.15) is 0 Å². The van der Waals surface area contributed by atoms with Gasteiger partial charge in [-0.15, -0.1) is 0 Å². The number of piperidine rings is 2. The van der Waals surface area contributed by atoms with Crippen LogP contribution in [0.1, 0.15) is 44.1 Å². The van der Waals surface area contributed by atoms with E-state index in [1.165, 1.54) is 31.2 Å². The van der Waals surface area contributed by atoms with Crippen LogP contribution in [0.5, 0.6) is 0 Å². The van der Waals surface area contributed by atoms with E-state index < -0.39 is 0 Å². The minimum Gasteiger partial charge on any atom is -0.342 e. The molecule has 0 aromatic heterocycles. The number of carbonyl (C=O) groups excluding carboxylic acids is 1. The van der Waals surface area contributed by atoms with Crippen LogP contribution in [0.4, 0.5) is 0 Å². The highest BCUT2D eigenvalue weighted by atomic mass is 35.5. The van der Waals surface area contributed by atoms with Gasteiger partial charge in [0.1, 0.15) is 0 Å². The molecule has 3 heterocycles. The van der Waals surface area contributed by atoms with Crippen LogP contribution in [-0.4, -0.2) is 72.5 Å². The van der Waals surface area contributed by atoms with E-state index in [2.05, 4.69) is 32.9 Å². The van der Waals surface area contributed by atoms with Crippen LogP contribution in [0.25, 0.3) is 6.08 Å². The summed E-state index contributed by atoms with van der Waals surface area (Å²) in [4.78, 5) is 19.9. The van der Waals surface area contributed by atoms with E-state index in [-0.39, 0.29) is 5.92 Å². The SMILES string of the molecule is O=C(C1CCN(C2CCN(C/C(Cl)=C/c3ccccc3)CC2)CC1)N1CCCC1. The van der Waals surface area contributed by atoms with Crippen molar-refractivity contribution in [3.05, 3.63) is 40.9 Å². The highest BCUT2D eigenvalue weighted by Crippen LogP contribution is 2.26. The fourth-order valence-corrected chi connectivity index (χ4v) is 5.43. The minimum atomic E-state index is 0.270. The van der Waals surface area contributed by atoms with Crippen molar-refractivity contribution in [2.24, 2.45) is 5.92 Å². The molecule has 0 saturated carbocycles. The van der Waals surface area contributed by atoms with Crippen molar-refractivity contribution in [1.29, 1.82) is 0 Å². The maximum atomic E-state index is 12.6. The number of carbonyl (C=O) groups is 1. The third-order valence-electron chi connectivity index (χ3n) is 6.87. The average molecular weight is 416 g/mol. The largest absolute Gasteiger partial charge is 0.342 e. The Labute approximate surface area is 180 Å². The van der Waals surface area contributed by atoms with Gasteiger partial charge in [-0.1, -0.05) is 41.9 Å². The number of amides is 1. The first kappa shape index (κ1) is 20.9. The highest BCUT2D eigenvalue weighted by molar-refractivity contribution is 6.31. The molecular formula is C24H34ClN3O. The molecule has 3 saturated heterocycles. The summed E-state index contributed by atoms with van der Waals surface area (Å²) in [5.74, 6) is 0.697. The predicted molar refractivity (Wildman–Crippen MR) is 120 cm³/mol. The Kier molecular flexibility index (Phi) is 7.28. The normalized spacial score (nSPS) is 23.6. The van der Waals surface area contributed by atoms with Crippen LogP contribution in [0.3, 0.4) is 0 Å². The summed E-state index contributed by atoms with van der Waals surface area (Å²) in [6.07, 6.45) is 8.96. The van der Waals surface area contributed by atoms with Gasteiger partial charge >= 0.3 is 0 Å². The van der Waals surface area contributed by atoms with Crippen molar-refractivity contribution in [1.82, 2.24) is 14.7 Å². The number of benzene rings is 1. The van der Waals surface area contributed by atoms with E-state index in [1.54, 1.807) is 0 Å². The molecule has 4 rings (SSSR count). The van der Waals surface area contributed by atoms with Crippen LogP contribution in [-0.2, 0) is 4.79 Å². The summed E-state index contributed by atoms with van der Waals surface area (Å²) in [7, 11) is 0. The van der Waals surface area contributed by atoms with Crippen LogP contribution >= 0.6 is 11.6 Å². The minimum absolute atomic E-state index is 0.270. The topological polar surface area (TPSA) is 26.8 Å². The molecule has 3 aliphatic rings. The quantitative estimate of drug-likeness (QED) is 0.725. The third-order valence-corrected chi connectivity index (χ3v) is 7.10. The molecule has 0 radical (unpaired) electrons. The molecule has 1 amide bonds. The fraction of sp³-hybridized carbons (Fsp3) is 0.625. The molecule has 0 N–H and O–H groups in total. The van der Waals surface area contributed by atoms with E-state index in [4.69, 9.17) is 11.6 Å². The van der Waals surface area contributed by atoms with Gasteiger partial charge in [0, 0.05) is 49.7 Å². The average Bonchev–Trinajstić information content (AvgIpc) is 3.29. The summed E-state index contributed by atoms with van der Waals surface area (Å²) in [6.45, 7) is 7.20. The Morgan fingerprint density at radius 3 is 2.24 bits per heavy atom. The Hall–Kier alpha value is -1.36. The van der Waals surface area contributed by atoms with Crippen molar-refractivity contribution in [3.63, 3.8) is 0 Å². The monoisotopic (exact) mass is 415 g/mol. The van der Waals surface area contributed by atoms with Gasteiger partial charge < -0.3 is 9.80 Å². The molecule has 1 aromatic rings. The first-order chi connectivity index (χ1) is 14.2. The summed E-state index contributed by atoms with van der Waals surface area (Å²) in [6, 6.07) is 11.0. The molecule has 0 spiro atoms. The van der Waals surface area contributed by atoms with Crippen molar-refractivity contribution < 1.29 is 4.79 Å². The molecule has 3 aliphatic heterocycles. The zero-order valence-corrected chi connectivity index (χ0v) is 18.2. The molecule has 158 valence electrons. The summed E-state index contributed by atoms with van der Waals surface area (Å²) >= 11 is 6.51. The summed E-state index contributed by atoms with van der Waals surface area (Å²) in [5.41, 5.74) is 1.17. The zero-order chi connectivity index (χ0) is 20.1. The standard InChI is InChI=1S/C24H34ClN3O/c25-22(18-20-6-2-1-3-7-20)19-26-14-10-23(11-15-26)27-16-8-21(9-17-27)24(29)28-12-4-5-13-28/h1-3,6-7,18,21,23H,4-5,8-17,19H2/b22-18-. The lowest BCUT2D eigenvalue weighted by atomic mass is 9.92. The van der Waals surface area contributed by atoms with Gasteiger partial charge in [-0.3, -0.25) is 9.69 Å². The van der Waals surface area contributed by atoms with Crippen LogP contribution in [0.2, 0.25) is 0 Å². The van der Waals surface area contributed by atoms with Crippen molar-refractivity contribution in [2.45, 2.75) is 44.6 Å². The number of halogens is 1. The Balaban J connectivity index is 1.19. The zero-order valence-electron chi connectivity index (χ0n) is 17.4. The van der Waals surface area contributed by atoms with E-state index >= 15 is 0 Å². The van der Waals surface area contributed by atoms with Crippen molar-refractivity contribution >= 4 is 23.6 Å². The third kappa shape index (κ3) is 5.62. The second kappa shape index (κ2) is 10.1. The van der Waals surface area contributed by atoms with Gasteiger partial charge in [-0.05, 0) is 63.3 Å². The Morgan fingerprint density at radius 2 is 1.59 bits per heavy atom. The molecule has 0 bridgehead atoms. The number of likely N-dealkylation sites (tertiary alicyclic amines) is 3. The van der Waals surface area contributed by atoms with Crippen molar-refractivity contribution in [3.8, 4) is 0 Å². The lowest BCUT2D eigenvalue weighted by molar-refractivity contribution is -0.136. The van der Waals surface area contributed by atoms with Gasteiger partial charge in [0.25, 0.3) is 0 Å². The number of hydrogen-bond donors (Lipinski definition) is 0. The molecule has 1 aromatic carbocycles. The van der Waals surface area contributed by atoms with Gasteiger partial charge in [0.05, 0.1) is 0 Å². The van der Waals surface area contributed by atoms with E-state index in [0.29, 0.717) is 11.9 Å². The Bertz CT molecular complexity index is 685. The molecular weight excluding hydrogens is 382 g/mol. The number of rotatable bonds is 5. The molecule has 3 fully saturated rings. The fourth-order valence-electron chi connectivity index (χ4n) is 5.14. The summed E-state index contributed by atoms with van der Waals surface area (Å²) < 4.78 is 0. The lowest BCUT2D eigenvalue weighted by Gasteiger charge is -2.42. The van der Waals surface area contributed by atoms with E-state index in [1.807, 2.05) is 18.2 Å². The number of hydrogen-bond acceptors (Lipinski definition) is 3. The van der Waals surface area contributed by atoms with Crippen LogP contribution in [0.15, 0.2) is 35.4 Å². The molecule has 0 aliphatic carbocycles. The van der Waals surface area contributed by atoms with Crippen LogP contribution in [0, 0.1) is 5.92 Å². The Morgan fingerprint density at radius 1 is 0.931 bits per heavy atom. The molecule has 0 unspecified atom stereocenters. The van der Waals surface area contributed by atoms with Gasteiger partial charge in [-0.25, -0.2) is 0 Å². The molecule has 5 heteroatoms. The maximum absolute atomic E-state index is 12.6. The molecule has 29 heavy (non-hydrogen) atoms. The summed E-state index contributed by atoms with van der Waals surface area (Å²) in [5, 5.41) is 0.913. The van der Waals surface area contributed by atoms with E-state index in [0.717, 1.165) is 63.7 Å². The first-order valence-corrected chi connectivity index (χ1v) is 11.7. The first-order valence-electron chi connectivity index (χ1n) is 11.4. The molecule has 0 atom stereocenters. The van der Waals surface area contributed by atoms with Gasteiger partial charge in [0.2, 0.25) is 5.91 Å². The number of nitrogens with zero attached hydrogens (tertiary/aromatic N) is 3. The smallest absolute Gasteiger partial charge is 0.225 e. The molecule has 4 nitrogen and oxygen atoms in total. The highest BCUT2D eigenvalue weighted by Gasteiger charge is 2.33. The van der Waals surface area contributed by atoms with Crippen molar-refractivity contribution in [2.75, 3.05) is 45.8 Å². The predicted octanol–water partition coefficient (Wildman–Crippen LogP) is 4.07. The van der Waals surface area contributed by atoms with Gasteiger partial charge in [0.15, 0.2) is 0 Å². The van der Waals surface area contributed by atoms with Crippen LogP contribution < -0.4 is 0 Å². The maximum Gasteiger partial charge on any atom is 0.225 e. The second-order valence-corrected chi connectivity index (χ2v) is 9.34. The second-order valence-electron chi connectivity index (χ2n) is 8.85. The van der Waals surface area contributed by atoms with E-state index in [9.17, 15) is 4.79 Å². The lowest BCUT2D eigenvalue weighted by Crippen LogP contribution is -2.49.